The maximum Gasteiger partial charge on any atom is 0.101 e. The van der Waals surface area contributed by atoms with E-state index in [0.717, 1.165) is 5.69 Å². The summed E-state index contributed by atoms with van der Waals surface area (Å²) < 4.78 is 0. The number of likely N-dealkylation sites (N-methyl/N-ethyl adjacent to an activating group) is 1. The van der Waals surface area contributed by atoms with Gasteiger partial charge in [0.15, 0.2) is 0 Å². The zero-order chi connectivity index (χ0) is 10.6. The highest BCUT2D eigenvalue weighted by Gasteiger charge is 2.11. The van der Waals surface area contributed by atoms with Crippen LogP contribution in [0.15, 0.2) is 24.3 Å². The number of nitriles is 1. The number of aliphatic hydroxyl groups is 1. The Labute approximate surface area is 84.2 Å². The summed E-state index contributed by atoms with van der Waals surface area (Å²) in [5, 5.41) is 17.9. The highest BCUT2D eigenvalue weighted by Crippen LogP contribution is 2.19. The molecule has 1 N–H and O–H groups in total. The monoisotopic (exact) mass is 190 g/mol. The lowest BCUT2D eigenvalue weighted by Crippen LogP contribution is -2.32. The van der Waals surface area contributed by atoms with Crippen molar-refractivity contribution in [2.75, 3.05) is 18.6 Å². The lowest BCUT2D eigenvalue weighted by molar-refractivity contribution is 0.270. The minimum absolute atomic E-state index is 0.0181. The van der Waals surface area contributed by atoms with Gasteiger partial charge in [-0.2, -0.15) is 5.26 Å². The molecule has 0 bridgehead atoms. The number of benzene rings is 1. The molecule has 0 saturated carbocycles. The molecule has 0 aliphatic rings. The van der Waals surface area contributed by atoms with Gasteiger partial charge < -0.3 is 10.0 Å². The van der Waals surface area contributed by atoms with Crippen molar-refractivity contribution in [2.24, 2.45) is 0 Å². The van der Waals surface area contributed by atoms with Crippen molar-refractivity contribution in [1.82, 2.24) is 0 Å². The Morgan fingerprint density at radius 2 is 2.14 bits per heavy atom. The second-order valence-corrected chi connectivity index (χ2v) is 3.27. The van der Waals surface area contributed by atoms with Crippen LogP contribution in [-0.2, 0) is 0 Å². The summed E-state index contributed by atoms with van der Waals surface area (Å²) in [5.74, 6) is 0. The summed E-state index contributed by atoms with van der Waals surface area (Å²) in [4.78, 5) is 1.90. The molecular formula is C11H14N2O. The third-order valence-electron chi connectivity index (χ3n) is 2.33. The number of nitrogens with zero attached hydrogens (tertiary/aromatic N) is 2. The summed E-state index contributed by atoms with van der Waals surface area (Å²) in [6.07, 6.45) is 0. The van der Waals surface area contributed by atoms with Gasteiger partial charge in [-0.25, -0.2) is 0 Å². The van der Waals surface area contributed by atoms with Gasteiger partial charge in [-0.05, 0) is 19.1 Å². The summed E-state index contributed by atoms with van der Waals surface area (Å²) in [5.41, 5.74) is 1.49. The van der Waals surface area contributed by atoms with E-state index in [4.69, 9.17) is 10.4 Å². The molecule has 1 unspecified atom stereocenters. The van der Waals surface area contributed by atoms with Crippen LogP contribution in [0.25, 0.3) is 0 Å². The molecule has 3 nitrogen and oxygen atoms in total. The van der Waals surface area contributed by atoms with Gasteiger partial charge in [-0.1, -0.05) is 12.1 Å². The second kappa shape index (κ2) is 4.64. The average molecular weight is 190 g/mol. The normalized spacial score (nSPS) is 11.9. The molecule has 0 saturated heterocycles. The molecule has 0 aromatic heterocycles. The molecular weight excluding hydrogens is 176 g/mol. The van der Waals surface area contributed by atoms with E-state index in [1.54, 1.807) is 6.07 Å². The Bertz CT molecular complexity index is 343. The van der Waals surface area contributed by atoms with E-state index in [2.05, 4.69) is 6.07 Å². The fraction of sp³-hybridized carbons (Fsp3) is 0.364. The topological polar surface area (TPSA) is 47.3 Å². The predicted molar refractivity (Wildman–Crippen MR) is 56.1 cm³/mol. The maximum absolute atomic E-state index is 9.01. The fourth-order valence-electron chi connectivity index (χ4n) is 1.24. The second-order valence-electron chi connectivity index (χ2n) is 3.27. The van der Waals surface area contributed by atoms with Crippen LogP contribution < -0.4 is 4.90 Å². The van der Waals surface area contributed by atoms with E-state index in [-0.39, 0.29) is 12.6 Å². The summed E-state index contributed by atoms with van der Waals surface area (Å²) >= 11 is 0. The molecule has 1 atom stereocenters. The molecule has 0 heterocycles. The summed E-state index contributed by atoms with van der Waals surface area (Å²) in [7, 11) is 1.87. The van der Waals surface area contributed by atoms with Gasteiger partial charge in [-0.3, -0.25) is 0 Å². The average Bonchev–Trinajstić information content (AvgIpc) is 2.26. The lowest BCUT2D eigenvalue weighted by atomic mass is 10.1. The van der Waals surface area contributed by atoms with E-state index in [1.807, 2.05) is 37.1 Å². The Morgan fingerprint density at radius 1 is 1.50 bits per heavy atom. The molecule has 0 fully saturated rings. The van der Waals surface area contributed by atoms with Crippen LogP contribution in [0.4, 0.5) is 5.69 Å². The first-order valence-electron chi connectivity index (χ1n) is 4.53. The van der Waals surface area contributed by atoms with E-state index in [9.17, 15) is 0 Å². The number of anilines is 1. The molecule has 0 radical (unpaired) electrons. The molecule has 0 aliphatic heterocycles. The number of hydrogen-bond donors (Lipinski definition) is 1. The van der Waals surface area contributed by atoms with Crippen LogP contribution in [0, 0.1) is 11.3 Å². The van der Waals surface area contributed by atoms with Crippen LogP contribution in [0.5, 0.6) is 0 Å². The van der Waals surface area contributed by atoms with Crippen molar-refractivity contribution in [3.63, 3.8) is 0 Å². The smallest absolute Gasteiger partial charge is 0.101 e. The zero-order valence-electron chi connectivity index (χ0n) is 8.44. The molecule has 3 heteroatoms. The van der Waals surface area contributed by atoms with Crippen molar-refractivity contribution >= 4 is 5.69 Å². The zero-order valence-corrected chi connectivity index (χ0v) is 8.44. The first-order chi connectivity index (χ1) is 6.70. The third-order valence-corrected chi connectivity index (χ3v) is 2.33. The predicted octanol–water partition coefficient (Wildman–Crippen LogP) is 1.38. The van der Waals surface area contributed by atoms with Crippen LogP contribution >= 0.6 is 0 Å². The van der Waals surface area contributed by atoms with E-state index in [0.29, 0.717) is 5.56 Å². The molecule has 1 rings (SSSR count). The number of aliphatic hydroxyl groups excluding tert-OH is 1. The standard InChI is InChI=1S/C11H14N2O/c1-9(8-14)13(2)11-6-4-3-5-10(11)7-12/h3-6,9,14H,8H2,1-2H3. The van der Waals surface area contributed by atoms with E-state index in [1.165, 1.54) is 0 Å². The number of para-hydroxylation sites is 1. The van der Waals surface area contributed by atoms with Gasteiger partial charge in [0.05, 0.1) is 17.9 Å². The van der Waals surface area contributed by atoms with Gasteiger partial charge in [0.2, 0.25) is 0 Å². The van der Waals surface area contributed by atoms with Crippen molar-refractivity contribution in [2.45, 2.75) is 13.0 Å². The van der Waals surface area contributed by atoms with Gasteiger partial charge >= 0.3 is 0 Å². The Morgan fingerprint density at radius 3 is 2.71 bits per heavy atom. The molecule has 0 amide bonds. The Balaban J connectivity index is 3.01. The van der Waals surface area contributed by atoms with Gasteiger partial charge in [-0.15, -0.1) is 0 Å². The summed E-state index contributed by atoms with van der Waals surface area (Å²) in [6, 6.07) is 9.52. The number of rotatable bonds is 3. The first kappa shape index (κ1) is 10.6. The Kier molecular flexibility index (Phi) is 3.49. The van der Waals surface area contributed by atoms with Crippen LogP contribution in [0.3, 0.4) is 0 Å². The molecule has 0 aliphatic carbocycles. The fourth-order valence-corrected chi connectivity index (χ4v) is 1.24. The van der Waals surface area contributed by atoms with Gasteiger partial charge in [0, 0.05) is 13.1 Å². The van der Waals surface area contributed by atoms with Crippen LogP contribution in [0.1, 0.15) is 12.5 Å². The van der Waals surface area contributed by atoms with Crippen molar-refractivity contribution in [3.8, 4) is 6.07 Å². The molecule has 1 aromatic carbocycles. The van der Waals surface area contributed by atoms with Crippen molar-refractivity contribution in [3.05, 3.63) is 29.8 Å². The van der Waals surface area contributed by atoms with Crippen LogP contribution in [-0.4, -0.2) is 24.8 Å². The lowest BCUT2D eigenvalue weighted by Gasteiger charge is -2.26. The maximum atomic E-state index is 9.01. The van der Waals surface area contributed by atoms with Crippen LogP contribution in [0.2, 0.25) is 0 Å². The highest BCUT2D eigenvalue weighted by atomic mass is 16.3. The molecule has 14 heavy (non-hydrogen) atoms. The van der Waals surface area contributed by atoms with E-state index >= 15 is 0 Å². The van der Waals surface area contributed by atoms with Gasteiger partial charge in [0.1, 0.15) is 6.07 Å². The molecule has 0 spiro atoms. The Hall–Kier alpha value is -1.53. The minimum atomic E-state index is 0.0181. The summed E-state index contributed by atoms with van der Waals surface area (Å²) in [6.45, 7) is 1.99. The van der Waals surface area contributed by atoms with Crippen molar-refractivity contribution in [1.29, 1.82) is 5.26 Å². The first-order valence-corrected chi connectivity index (χ1v) is 4.53. The SMILES string of the molecule is CC(CO)N(C)c1ccccc1C#N. The quantitative estimate of drug-likeness (QED) is 0.783. The minimum Gasteiger partial charge on any atom is -0.394 e. The largest absolute Gasteiger partial charge is 0.394 e. The highest BCUT2D eigenvalue weighted by molar-refractivity contribution is 5.59. The molecule has 1 aromatic rings. The van der Waals surface area contributed by atoms with E-state index < -0.39 is 0 Å². The third kappa shape index (κ3) is 2.04. The van der Waals surface area contributed by atoms with Crippen molar-refractivity contribution < 1.29 is 5.11 Å². The van der Waals surface area contributed by atoms with Gasteiger partial charge in [0.25, 0.3) is 0 Å². The molecule has 74 valence electrons. The number of hydrogen-bond acceptors (Lipinski definition) is 3.